The van der Waals surface area contributed by atoms with E-state index < -0.39 is 5.41 Å². The van der Waals surface area contributed by atoms with Crippen molar-refractivity contribution in [2.75, 3.05) is 25.1 Å². The number of carbonyl (C=O) groups excluding carboxylic acids is 2. The van der Waals surface area contributed by atoms with Crippen LogP contribution >= 0.6 is 0 Å². The van der Waals surface area contributed by atoms with Crippen molar-refractivity contribution in [1.29, 1.82) is 0 Å². The second kappa shape index (κ2) is 6.92. The first-order chi connectivity index (χ1) is 10.4. The minimum atomic E-state index is -0.509. The third-order valence-electron chi connectivity index (χ3n) is 3.68. The zero-order valence-corrected chi connectivity index (χ0v) is 13.4. The van der Waals surface area contributed by atoms with E-state index in [1.165, 1.54) is 0 Å². The third kappa shape index (κ3) is 4.31. The molecule has 1 aliphatic rings. The molecule has 0 saturated carbocycles. The number of anilines is 1. The molecule has 5 nitrogen and oxygen atoms in total. The van der Waals surface area contributed by atoms with Gasteiger partial charge in [-0.2, -0.15) is 0 Å². The average molecular weight is 304 g/mol. The number of para-hydroxylation sites is 1. The van der Waals surface area contributed by atoms with Gasteiger partial charge in [0.15, 0.2) is 0 Å². The van der Waals surface area contributed by atoms with Gasteiger partial charge in [-0.25, -0.2) is 0 Å². The topological polar surface area (TPSA) is 67.4 Å². The van der Waals surface area contributed by atoms with Gasteiger partial charge in [0.05, 0.1) is 17.9 Å². The van der Waals surface area contributed by atoms with E-state index in [2.05, 4.69) is 10.6 Å². The van der Waals surface area contributed by atoms with E-state index in [-0.39, 0.29) is 11.8 Å². The third-order valence-corrected chi connectivity index (χ3v) is 3.68. The van der Waals surface area contributed by atoms with Gasteiger partial charge in [0.2, 0.25) is 5.91 Å². The fourth-order valence-electron chi connectivity index (χ4n) is 2.18. The maximum Gasteiger partial charge on any atom is 0.253 e. The highest BCUT2D eigenvalue weighted by Gasteiger charge is 2.23. The summed E-state index contributed by atoms with van der Waals surface area (Å²) in [6.45, 7) is 7.57. The van der Waals surface area contributed by atoms with Crippen molar-refractivity contribution in [3.05, 3.63) is 29.8 Å². The standard InChI is InChI=1S/C17H24N2O3/c1-17(2,3)16(21)19-14-7-5-4-6-13(14)15(20)18-10-12-8-9-22-11-12/h4-7,12H,8-11H2,1-3H3,(H,18,20)(H,19,21)/t12-/m0/s1. The minimum Gasteiger partial charge on any atom is -0.381 e. The number of hydrogen-bond donors (Lipinski definition) is 2. The Balaban J connectivity index is 2.03. The van der Waals surface area contributed by atoms with Crippen LogP contribution in [0.5, 0.6) is 0 Å². The first-order valence-electron chi connectivity index (χ1n) is 7.64. The smallest absolute Gasteiger partial charge is 0.253 e. The van der Waals surface area contributed by atoms with E-state index in [4.69, 9.17) is 4.74 Å². The van der Waals surface area contributed by atoms with Crippen LogP contribution in [0.1, 0.15) is 37.6 Å². The zero-order chi connectivity index (χ0) is 16.2. The summed E-state index contributed by atoms with van der Waals surface area (Å²) in [5, 5.41) is 5.76. The van der Waals surface area contributed by atoms with Crippen molar-refractivity contribution >= 4 is 17.5 Å². The van der Waals surface area contributed by atoms with Gasteiger partial charge in [-0.15, -0.1) is 0 Å². The average Bonchev–Trinajstić information content (AvgIpc) is 2.97. The minimum absolute atomic E-state index is 0.114. The van der Waals surface area contributed by atoms with E-state index >= 15 is 0 Å². The maximum absolute atomic E-state index is 12.4. The van der Waals surface area contributed by atoms with Crippen molar-refractivity contribution in [3.63, 3.8) is 0 Å². The SMILES string of the molecule is CC(C)(C)C(=O)Nc1ccccc1C(=O)NC[C@@H]1CCOC1. The molecule has 0 bridgehead atoms. The summed E-state index contributed by atoms with van der Waals surface area (Å²) in [7, 11) is 0. The van der Waals surface area contributed by atoms with Gasteiger partial charge in [-0.3, -0.25) is 9.59 Å². The van der Waals surface area contributed by atoms with Crippen LogP contribution in [0.25, 0.3) is 0 Å². The first kappa shape index (κ1) is 16.5. The van der Waals surface area contributed by atoms with Crippen LogP contribution in [0.15, 0.2) is 24.3 Å². The van der Waals surface area contributed by atoms with Crippen LogP contribution in [-0.4, -0.2) is 31.6 Å². The van der Waals surface area contributed by atoms with E-state index in [0.717, 1.165) is 13.0 Å². The largest absolute Gasteiger partial charge is 0.381 e. The molecule has 22 heavy (non-hydrogen) atoms. The van der Waals surface area contributed by atoms with Crippen molar-refractivity contribution in [2.45, 2.75) is 27.2 Å². The molecule has 0 radical (unpaired) electrons. The quantitative estimate of drug-likeness (QED) is 0.898. The molecular weight excluding hydrogens is 280 g/mol. The lowest BCUT2D eigenvalue weighted by Gasteiger charge is -2.19. The van der Waals surface area contributed by atoms with E-state index in [0.29, 0.717) is 30.3 Å². The molecule has 1 atom stereocenters. The van der Waals surface area contributed by atoms with Crippen molar-refractivity contribution < 1.29 is 14.3 Å². The van der Waals surface area contributed by atoms with E-state index in [1.807, 2.05) is 20.8 Å². The molecule has 1 saturated heterocycles. The van der Waals surface area contributed by atoms with Crippen LogP contribution in [0.4, 0.5) is 5.69 Å². The van der Waals surface area contributed by atoms with Gasteiger partial charge in [0.25, 0.3) is 5.91 Å². The van der Waals surface area contributed by atoms with Gasteiger partial charge < -0.3 is 15.4 Å². The number of amides is 2. The second-order valence-electron chi connectivity index (χ2n) is 6.69. The summed E-state index contributed by atoms with van der Waals surface area (Å²) in [5.41, 5.74) is 0.520. The Morgan fingerprint density at radius 2 is 2.00 bits per heavy atom. The molecule has 2 amide bonds. The zero-order valence-electron chi connectivity index (χ0n) is 13.4. The summed E-state index contributed by atoms with van der Waals surface area (Å²) in [6.07, 6.45) is 0.975. The molecular formula is C17H24N2O3. The summed E-state index contributed by atoms with van der Waals surface area (Å²) >= 11 is 0. The molecule has 1 aromatic carbocycles. The Labute approximate surface area is 131 Å². The van der Waals surface area contributed by atoms with Crippen molar-refractivity contribution in [2.24, 2.45) is 11.3 Å². The number of rotatable bonds is 4. The van der Waals surface area contributed by atoms with Crippen LogP contribution in [0, 0.1) is 11.3 Å². The molecule has 0 spiro atoms. The molecule has 2 rings (SSSR count). The van der Waals surface area contributed by atoms with Crippen LogP contribution in [-0.2, 0) is 9.53 Å². The number of carbonyl (C=O) groups is 2. The Bertz CT molecular complexity index is 543. The first-order valence-corrected chi connectivity index (χ1v) is 7.64. The predicted octanol–water partition coefficient (Wildman–Crippen LogP) is 2.44. The van der Waals surface area contributed by atoms with Crippen molar-refractivity contribution in [3.8, 4) is 0 Å². The molecule has 1 heterocycles. The van der Waals surface area contributed by atoms with Crippen LogP contribution < -0.4 is 10.6 Å². The maximum atomic E-state index is 12.4. The molecule has 1 fully saturated rings. The van der Waals surface area contributed by atoms with Crippen LogP contribution in [0.3, 0.4) is 0 Å². The Morgan fingerprint density at radius 3 is 2.64 bits per heavy atom. The highest BCUT2D eigenvalue weighted by Crippen LogP contribution is 2.20. The predicted molar refractivity (Wildman–Crippen MR) is 85.8 cm³/mol. The van der Waals surface area contributed by atoms with E-state index in [9.17, 15) is 9.59 Å². The second-order valence-corrected chi connectivity index (χ2v) is 6.69. The highest BCUT2D eigenvalue weighted by atomic mass is 16.5. The lowest BCUT2D eigenvalue weighted by atomic mass is 9.95. The number of hydrogen-bond acceptors (Lipinski definition) is 3. The Kier molecular flexibility index (Phi) is 5.19. The van der Waals surface area contributed by atoms with Gasteiger partial charge >= 0.3 is 0 Å². The number of ether oxygens (including phenoxy) is 1. The number of nitrogens with one attached hydrogen (secondary N) is 2. The van der Waals surface area contributed by atoms with Gasteiger partial charge in [-0.05, 0) is 18.6 Å². The molecule has 1 aliphatic heterocycles. The summed E-state index contributed by atoms with van der Waals surface area (Å²) in [6, 6.07) is 7.07. The number of benzene rings is 1. The summed E-state index contributed by atoms with van der Waals surface area (Å²) in [5.74, 6) is 0.0916. The Hall–Kier alpha value is -1.88. The highest BCUT2D eigenvalue weighted by molar-refractivity contribution is 6.04. The molecule has 0 aliphatic carbocycles. The van der Waals surface area contributed by atoms with Gasteiger partial charge in [-0.1, -0.05) is 32.9 Å². The van der Waals surface area contributed by atoms with Crippen LogP contribution in [0.2, 0.25) is 0 Å². The summed E-state index contributed by atoms with van der Waals surface area (Å²) < 4.78 is 5.30. The van der Waals surface area contributed by atoms with Crippen molar-refractivity contribution in [1.82, 2.24) is 5.32 Å². The fraction of sp³-hybridized carbons (Fsp3) is 0.529. The molecule has 0 aromatic heterocycles. The fourth-order valence-corrected chi connectivity index (χ4v) is 2.18. The van der Waals surface area contributed by atoms with E-state index in [1.54, 1.807) is 24.3 Å². The molecule has 2 N–H and O–H groups in total. The van der Waals surface area contributed by atoms with Gasteiger partial charge in [0.1, 0.15) is 0 Å². The molecule has 5 heteroatoms. The molecule has 120 valence electrons. The van der Waals surface area contributed by atoms with Gasteiger partial charge in [0, 0.05) is 24.5 Å². The normalized spacial score (nSPS) is 18.0. The monoisotopic (exact) mass is 304 g/mol. The molecule has 0 unspecified atom stereocenters. The Morgan fingerprint density at radius 1 is 1.27 bits per heavy atom. The molecule has 1 aromatic rings. The lowest BCUT2D eigenvalue weighted by molar-refractivity contribution is -0.123. The summed E-state index contributed by atoms with van der Waals surface area (Å²) in [4.78, 5) is 24.5. The lowest BCUT2D eigenvalue weighted by Crippen LogP contribution is -2.32.